The largest absolute Gasteiger partial charge is 0.339 e. The maximum Gasteiger partial charge on any atom is 0.257 e. The molecule has 1 saturated heterocycles. The van der Waals surface area contributed by atoms with Gasteiger partial charge in [-0.1, -0.05) is 6.42 Å². The molecule has 0 unspecified atom stereocenters. The number of carbonyl (C=O) groups excluding carboxylic acids is 1. The Morgan fingerprint density at radius 3 is 2.47 bits per heavy atom. The standard InChI is InChI=1S/C21H27FN4O3S/c1-4-25(5-2)21(27)18-14-23-20(24-15(18)3)19-8-6-7-13-26(19)30(28,29)17-11-9-16(22)10-12-17/h9-12,14,19H,4-8,13H2,1-3H3/t19-/m1/s1. The summed E-state index contributed by atoms with van der Waals surface area (Å²) in [7, 11) is -3.83. The van der Waals surface area contributed by atoms with Gasteiger partial charge in [-0.05, 0) is 57.9 Å². The van der Waals surface area contributed by atoms with Crippen LogP contribution in [0.25, 0.3) is 0 Å². The van der Waals surface area contributed by atoms with Crippen LogP contribution in [0.3, 0.4) is 0 Å². The van der Waals surface area contributed by atoms with E-state index in [1.807, 2.05) is 13.8 Å². The Morgan fingerprint density at radius 1 is 1.20 bits per heavy atom. The first-order valence-electron chi connectivity index (χ1n) is 10.2. The van der Waals surface area contributed by atoms with Crippen molar-refractivity contribution in [2.75, 3.05) is 19.6 Å². The van der Waals surface area contributed by atoms with E-state index in [0.717, 1.165) is 25.0 Å². The second-order valence-electron chi connectivity index (χ2n) is 7.29. The Kier molecular flexibility index (Phi) is 6.82. The van der Waals surface area contributed by atoms with Crippen molar-refractivity contribution in [1.29, 1.82) is 0 Å². The molecule has 1 aliphatic heterocycles. The maximum atomic E-state index is 13.3. The van der Waals surface area contributed by atoms with Crippen molar-refractivity contribution in [3.8, 4) is 0 Å². The van der Waals surface area contributed by atoms with Crippen molar-refractivity contribution < 1.29 is 17.6 Å². The Bertz CT molecular complexity index is 1010. The lowest BCUT2D eigenvalue weighted by molar-refractivity contribution is 0.0771. The molecule has 30 heavy (non-hydrogen) atoms. The number of aromatic nitrogens is 2. The topological polar surface area (TPSA) is 83.5 Å². The number of aryl methyl sites for hydroxylation is 1. The molecule has 1 aromatic carbocycles. The molecule has 1 amide bonds. The highest BCUT2D eigenvalue weighted by molar-refractivity contribution is 7.89. The molecule has 3 rings (SSSR count). The van der Waals surface area contributed by atoms with Gasteiger partial charge < -0.3 is 4.90 Å². The molecule has 2 heterocycles. The summed E-state index contributed by atoms with van der Waals surface area (Å²) in [6.45, 7) is 7.07. The van der Waals surface area contributed by atoms with E-state index in [0.29, 0.717) is 43.1 Å². The fourth-order valence-corrected chi connectivity index (χ4v) is 5.38. The highest BCUT2D eigenvalue weighted by Crippen LogP contribution is 2.34. The number of sulfonamides is 1. The molecule has 1 atom stereocenters. The number of benzene rings is 1. The lowest BCUT2D eigenvalue weighted by atomic mass is 10.0. The molecule has 1 aliphatic rings. The fourth-order valence-electron chi connectivity index (χ4n) is 3.73. The molecular formula is C21H27FN4O3S. The Morgan fingerprint density at radius 2 is 1.87 bits per heavy atom. The van der Waals surface area contributed by atoms with E-state index in [4.69, 9.17) is 0 Å². The summed E-state index contributed by atoms with van der Waals surface area (Å²) in [6.07, 6.45) is 3.66. The number of carbonyl (C=O) groups is 1. The van der Waals surface area contributed by atoms with E-state index >= 15 is 0 Å². The van der Waals surface area contributed by atoms with Crippen LogP contribution in [-0.2, 0) is 10.0 Å². The summed E-state index contributed by atoms with van der Waals surface area (Å²) >= 11 is 0. The van der Waals surface area contributed by atoms with Crippen LogP contribution in [0.15, 0.2) is 35.4 Å². The molecule has 0 saturated carbocycles. The molecule has 1 aromatic heterocycles. The summed E-state index contributed by atoms with van der Waals surface area (Å²) in [5, 5.41) is 0. The number of nitrogens with zero attached hydrogens (tertiary/aromatic N) is 4. The number of hydrogen-bond acceptors (Lipinski definition) is 5. The van der Waals surface area contributed by atoms with E-state index in [2.05, 4.69) is 9.97 Å². The fraction of sp³-hybridized carbons (Fsp3) is 0.476. The first-order chi connectivity index (χ1) is 14.3. The number of rotatable bonds is 6. The van der Waals surface area contributed by atoms with E-state index in [1.54, 1.807) is 11.8 Å². The van der Waals surface area contributed by atoms with Crippen molar-refractivity contribution in [2.24, 2.45) is 0 Å². The molecule has 9 heteroatoms. The van der Waals surface area contributed by atoms with Crippen molar-refractivity contribution in [3.05, 3.63) is 53.4 Å². The summed E-state index contributed by atoms with van der Waals surface area (Å²) in [5.41, 5.74) is 0.952. The van der Waals surface area contributed by atoms with Crippen LogP contribution in [0, 0.1) is 12.7 Å². The van der Waals surface area contributed by atoms with Crippen molar-refractivity contribution in [1.82, 2.24) is 19.2 Å². The van der Waals surface area contributed by atoms with Gasteiger partial charge in [0.1, 0.15) is 11.6 Å². The number of piperidine rings is 1. The zero-order valence-electron chi connectivity index (χ0n) is 17.5. The van der Waals surface area contributed by atoms with E-state index in [-0.39, 0.29) is 10.8 Å². The minimum atomic E-state index is -3.83. The molecule has 0 bridgehead atoms. The van der Waals surface area contributed by atoms with Crippen LogP contribution >= 0.6 is 0 Å². The number of amides is 1. The van der Waals surface area contributed by atoms with Gasteiger partial charge in [-0.15, -0.1) is 0 Å². The molecule has 0 spiro atoms. The van der Waals surface area contributed by atoms with Crippen molar-refractivity contribution in [3.63, 3.8) is 0 Å². The van der Waals surface area contributed by atoms with Crippen LogP contribution in [0.2, 0.25) is 0 Å². The van der Waals surface area contributed by atoms with Gasteiger partial charge in [0.25, 0.3) is 5.91 Å². The van der Waals surface area contributed by atoms with Gasteiger partial charge in [0.2, 0.25) is 10.0 Å². The molecule has 0 N–H and O–H groups in total. The maximum absolute atomic E-state index is 13.3. The average molecular weight is 435 g/mol. The molecule has 0 aliphatic carbocycles. The van der Waals surface area contributed by atoms with E-state index in [1.165, 1.54) is 22.6 Å². The molecule has 2 aromatic rings. The minimum Gasteiger partial charge on any atom is -0.339 e. The quantitative estimate of drug-likeness (QED) is 0.696. The second-order valence-corrected chi connectivity index (χ2v) is 9.18. The Hall–Kier alpha value is -2.39. The van der Waals surface area contributed by atoms with Crippen LogP contribution in [0.5, 0.6) is 0 Å². The third-order valence-corrected chi connectivity index (χ3v) is 7.37. The van der Waals surface area contributed by atoms with Gasteiger partial charge in [-0.25, -0.2) is 22.8 Å². The first-order valence-corrected chi connectivity index (χ1v) is 11.6. The molecule has 7 nitrogen and oxygen atoms in total. The molecular weight excluding hydrogens is 407 g/mol. The van der Waals surface area contributed by atoms with Gasteiger partial charge in [0.15, 0.2) is 0 Å². The van der Waals surface area contributed by atoms with Crippen LogP contribution in [-0.4, -0.2) is 53.1 Å². The van der Waals surface area contributed by atoms with Crippen LogP contribution < -0.4 is 0 Å². The van der Waals surface area contributed by atoms with E-state index in [9.17, 15) is 17.6 Å². The zero-order chi connectivity index (χ0) is 21.9. The normalized spacial score (nSPS) is 17.7. The summed E-state index contributed by atoms with van der Waals surface area (Å²) in [6, 6.07) is 4.30. The summed E-state index contributed by atoms with van der Waals surface area (Å²) in [4.78, 5) is 23.3. The van der Waals surface area contributed by atoms with Crippen molar-refractivity contribution in [2.45, 2.75) is 51.0 Å². The monoisotopic (exact) mass is 434 g/mol. The first kappa shape index (κ1) is 22.3. The Balaban J connectivity index is 1.94. The van der Waals surface area contributed by atoms with Gasteiger partial charge in [0.05, 0.1) is 22.2 Å². The third kappa shape index (κ3) is 4.37. The minimum absolute atomic E-state index is 0.0425. The zero-order valence-corrected chi connectivity index (χ0v) is 18.3. The SMILES string of the molecule is CCN(CC)C(=O)c1cnc([C@H]2CCCCN2S(=O)(=O)c2ccc(F)cc2)nc1C. The highest BCUT2D eigenvalue weighted by atomic mass is 32.2. The molecule has 162 valence electrons. The second kappa shape index (κ2) is 9.18. The highest BCUT2D eigenvalue weighted by Gasteiger charge is 2.36. The predicted octanol–water partition coefficient (Wildman–Crippen LogP) is 3.32. The lowest BCUT2D eigenvalue weighted by Gasteiger charge is -2.33. The van der Waals surface area contributed by atoms with E-state index < -0.39 is 21.9 Å². The average Bonchev–Trinajstić information content (AvgIpc) is 2.74. The molecule has 1 fully saturated rings. The summed E-state index contributed by atoms with van der Waals surface area (Å²) in [5.74, 6) is -0.242. The Labute approximate surface area is 177 Å². The smallest absolute Gasteiger partial charge is 0.257 e. The lowest BCUT2D eigenvalue weighted by Crippen LogP contribution is -2.39. The van der Waals surface area contributed by atoms with Gasteiger partial charge in [-0.3, -0.25) is 4.79 Å². The van der Waals surface area contributed by atoms with Gasteiger partial charge in [0, 0.05) is 25.8 Å². The van der Waals surface area contributed by atoms with Crippen LogP contribution in [0.1, 0.15) is 61.0 Å². The molecule has 0 radical (unpaired) electrons. The summed E-state index contributed by atoms with van der Waals surface area (Å²) < 4.78 is 41.0. The van der Waals surface area contributed by atoms with Crippen molar-refractivity contribution >= 4 is 15.9 Å². The number of halogens is 1. The number of hydrogen-bond donors (Lipinski definition) is 0. The predicted molar refractivity (Wildman–Crippen MR) is 111 cm³/mol. The van der Waals surface area contributed by atoms with Crippen LogP contribution in [0.4, 0.5) is 4.39 Å². The van der Waals surface area contributed by atoms with Gasteiger partial charge >= 0.3 is 0 Å². The third-order valence-electron chi connectivity index (χ3n) is 5.45. The van der Waals surface area contributed by atoms with Gasteiger partial charge in [-0.2, -0.15) is 4.31 Å².